The van der Waals surface area contributed by atoms with Crippen molar-refractivity contribution in [3.05, 3.63) is 52.2 Å². The van der Waals surface area contributed by atoms with E-state index in [-0.39, 0.29) is 12.0 Å². The second-order valence-corrected chi connectivity index (χ2v) is 12.5. The number of thiophene rings is 1. The van der Waals surface area contributed by atoms with Gasteiger partial charge in [-0.1, -0.05) is 12.1 Å². The summed E-state index contributed by atoms with van der Waals surface area (Å²) in [6.45, 7) is 9.80. The van der Waals surface area contributed by atoms with Crippen LogP contribution in [0.3, 0.4) is 0 Å². The first-order valence-corrected chi connectivity index (χ1v) is 14.3. The quantitative estimate of drug-likeness (QED) is 0.262. The number of aryl methyl sites for hydroxylation is 1. The molecule has 1 aromatic carbocycles. The number of carbonyl (C=O) groups is 2. The Morgan fingerprint density at radius 3 is 2.76 bits per heavy atom. The number of hydrogen-bond acceptors (Lipinski definition) is 8. The molecule has 0 unspecified atom stereocenters. The van der Waals surface area contributed by atoms with Crippen molar-refractivity contribution in [2.45, 2.75) is 59.2 Å². The SMILES string of the molecule is Cc1[nH]ncc1CNCCC(=O)Nc1sc2c(c1-c1nc3ccccc3s1)CCN(C(=O)OC(C)(C)C)C2. The summed E-state index contributed by atoms with van der Waals surface area (Å²) in [5, 5.41) is 15.1. The number of nitrogens with zero attached hydrogens (tertiary/aromatic N) is 3. The third-order valence-electron chi connectivity index (χ3n) is 6.25. The van der Waals surface area contributed by atoms with Gasteiger partial charge in [-0.15, -0.1) is 22.7 Å². The molecule has 0 radical (unpaired) electrons. The molecule has 4 heterocycles. The van der Waals surface area contributed by atoms with E-state index < -0.39 is 5.60 Å². The van der Waals surface area contributed by atoms with Gasteiger partial charge in [0.25, 0.3) is 0 Å². The molecule has 5 rings (SSSR count). The highest BCUT2D eigenvalue weighted by Crippen LogP contribution is 2.45. The van der Waals surface area contributed by atoms with Gasteiger partial charge in [0.1, 0.15) is 15.6 Å². The first kappa shape index (κ1) is 26.3. The Kier molecular flexibility index (Phi) is 7.51. The van der Waals surface area contributed by atoms with Gasteiger partial charge < -0.3 is 20.3 Å². The maximum absolute atomic E-state index is 13.0. The van der Waals surface area contributed by atoms with E-state index in [2.05, 4.69) is 26.9 Å². The predicted molar refractivity (Wildman–Crippen MR) is 152 cm³/mol. The molecule has 0 atom stereocenters. The minimum atomic E-state index is -0.553. The van der Waals surface area contributed by atoms with Crippen LogP contribution in [0.5, 0.6) is 0 Å². The summed E-state index contributed by atoms with van der Waals surface area (Å²) in [5.74, 6) is -0.0635. The number of ether oxygens (including phenoxy) is 1. The average molecular weight is 553 g/mol. The number of aromatic nitrogens is 3. The van der Waals surface area contributed by atoms with Crippen LogP contribution in [0.15, 0.2) is 30.5 Å². The third kappa shape index (κ3) is 5.90. The van der Waals surface area contributed by atoms with Gasteiger partial charge in [-0.25, -0.2) is 9.78 Å². The number of anilines is 1. The molecule has 38 heavy (non-hydrogen) atoms. The molecule has 0 fully saturated rings. The normalized spacial score (nSPS) is 13.5. The third-order valence-corrected chi connectivity index (χ3v) is 8.43. The van der Waals surface area contributed by atoms with Crippen LogP contribution in [0.25, 0.3) is 20.8 Å². The van der Waals surface area contributed by atoms with Crippen LogP contribution in [-0.2, 0) is 29.0 Å². The van der Waals surface area contributed by atoms with Crippen LogP contribution in [0.2, 0.25) is 0 Å². The van der Waals surface area contributed by atoms with Gasteiger partial charge in [0.15, 0.2) is 0 Å². The second-order valence-electron chi connectivity index (χ2n) is 10.3. The lowest BCUT2D eigenvalue weighted by Gasteiger charge is -2.30. The number of rotatable bonds is 7. The van der Waals surface area contributed by atoms with Crippen molar-refractivity contribution >= 4 is 49.9 Å². The Bertz CT molecular complexity index is 1430. The number of carbonyl (C=O) groups excluding carboxylic acids is 2. The summed E-state index contributed by atoms with van der Waals surface area (Å²) >= 11 is 3.15. The average Bonchev–Trinajstić information content (AvgIpc) is 3.56. The maximum atomic E-state index is 13.0. The smallest absolute Gasteiger partial charge is 0.410 e. The molecule has 3 aromatic heterocycles. The predicted octanol–water partition coefficient (Wildman–Crippen LogP) is 5.47. The van der Waals surface area contributed by atoms with Crippen molar-refractivity contribution in [2.24, 2.45) is 0 Å². The fourth-order valence-corrected chi connectivity index (χ4v) is 6.74. The Labute approximate surface area is 229 Å². The molecule has 11 heteroatoms. The van der Waals surface area contributed by atoms with E-state index in [1.165, 1.54) is 11.3 Å². The minimum absolute atomic E-state index is 0.0635. The van der Waals surface area contributed by atoms with E-state index in [1.807, 2.05) is 45.9 Å². The number of nitrogens with one attached hydrogen (secondary N) is 3. The lowest BCUT2D eigenvalue weighted by molar-refractivity contribution is -0.116. The van der Waals surface area contributed by atoms with Crippen LogP contribution < -0.4 is 10.6 Å². The molecule has 1 aliphatic rings. The Balaban J connectivity index is 1.35. The van der Waals surface area contributed by atoms with Crippen molar-refractivity contribution in [1.29, 1.82) is 0 Å². The van der Waals surface area contributed by atoms with E-state index in [4.69, 9.17) is 9.72 Å². The lowest BCUT2D eigenvalue weighted by Crippen LogP contribution is -2.39. The molecule has 3 N–H and O–H groups in total. The number of aromatic amines is 1. The molecule has 0 saturated carbocycles. The van der Waals surface area contributed by atoms with Crippen molar-refractivity contribution in [2.75, 3.05) is 18.4 Å². The van der Waals surface area contributed by atoms with Gasteiger partial charge in [-0.3, -0.25) is 9.89 Å². The highest BCUT2D eigenvalue weighted by Gasteiger charge is 2.31. The zero-order valence-corrected chi connectivity index (χ0v) is 23.6. The molecule has 0 bridgehead atoms. The highest BCUT2D eigenvalue weighted by molar-refractivity contribution is 7.22. The molecule has 200 valence electrons. The van der Waals surface area contributed by atoms with Crippen molar-refractivity contribution in [3.63, 3.8) is 0 Å². The maximum Gasteiger partial charge on any atom is 0.410 e. The molecule has 0 aliphatic carbocycles. The van der Waals surface area contributed by atoms with Crippen LogP contribution in [0.4, 0.5) is 9.80 Å². The molecular formula is C27H32N6O3S2. The topological polar surface area (TPSA) is 112 Å². The van der Waals surface area contributed by atoms with Gasteiger partial charge in [0.2, 0.25) is 5.91 Å². The number of amides is 2. The fraction of sp³-hybridized carbons (Fsp3) is 0.407. The van der Waals surface area contributed by atoms with E-state index >= 15 is 0 Å². The van der Waals surface area contributed by atoms with E-state index in [0.29, 0.717) is 39.0 Å². The van der Waals surface area contributed by atoms with Gasteiger partial charge in [-0.2, -0.15) is 5.10 Å². The number of hydrogen-bond donors (Lipinski definition) is 3. The molecular weight excluding hydrogens is 520 g/mol. The van der Waals surface area contributed by atoms with Gasteiger partial charge in [-0.05, 0) is 51.8 Å². The van der Waals surface area contributed by atoms with Gasteiger partial charge in [0.05, 0.1) is 23.0 Å². The number of benzene rings is 1. The monoisotopic (exact) mass is 552 g/mol. The summed E-state index contributed by atoms with van der Waals surface area (Å²) in [5.41, 5.74) is 4.62. The number of H-pyrrole nitrogens is 1. The van der Waals surface area contributed by atoms with Gasteiger partial charge >= 0.3 is 6.09 Å². The van der Waals surface area contributed by atoms with E-state index in [0.717, 1.165) is 47.5 Å². The molecule has 0 spiro atoms. The lowest BCUT2D eigenvalue weighted by atomic mass is 10.0. The standard InChI is InChI=1S/C27H32N6O3S2/c1-16-17(14-29-32-16)13-28-11-9-22(34)31-25-23(24-30-19-7-5-6-8-20(19)37-24)18-10-12-33(15-21(18)38-25)26(35)36-27(2,3)4/h5-8,14,28H,9-13,15H2,1-4H3,(H,29,32)(H,31,34). The van der Waals surface area contributed by atoms with Crippen LogP contribution in [-0.4, -0.2) is 50.8 Å². The van der Waals surface area contributed by atoms with Crippen molar-refractivity contribution in [1.82, 2.24) is 25.4 Å². The van der Waals surface area contributed by atoms with Crippen molar-refractivity contribution < 1.29 is 14.3 Å². The molecule has 1 aliphatic heterocycles. The van der Waals surface area contributed by atoms with Gasteiger partial charge in [0, 0.05) is 47.8 Å². The summed E-state index contributed by atoms with van der Waals surface area (Å²) in [6, 6.07) is 8.05. The first-order valence-electron chi connectivity index (χ1n) is 12.7. The fourth-order valence-electron chi connectivity index (χ4n) is 4.35. The first-order chi connectivity index (χ1) is 18.2. The van der Waals surface area contributed by atoms with Crippen LogP contribution in [0, 0.1) is 6.92 Å². The zero-order valence-electron chi connectivity index (χ0n) is 22.0. The zero-order chi connectivity index (χ0) is 26.9. The molecule has 4 aromatic rings. The minimum Gasteiger partial charge on any atom is -0.444 e. The Hall–Kier alpha value is -3.28. The van der Waals surface area contributed by atoms with Crippen LogP contribution >= 0.6 is 22.7 Å². The summed E-state index contributed by atoms with van der Waals surface area (Å²) in [6.07, 6.45) is 2.49. The van der Waals surface area contributed by atoms with Crippen molar-refractivity contribution in [3.8, 4) is 10.6 Å². The van der Waals surface area contributed by atoms with Crippen LogP contribution in [0.1, 0.15) is 48.9 Å². The summed E-state index contributed by atoms with van der Waals surface area (Å²) < 4.78 is 6.71. The molecule has 9 nitrogen and oxygen atoms in total. The summed E-state index contributed by atoms with van der Waals surface area (Å²) in [7, 11) is 0. The number of fused-ring (bicyclic) bond motifs is 2. The second kappa shape index (κ2) is 10.8. The van der Waals surface area contributed by atoms with E-state index in [9.17, 15) is 9.59 Å². The Morgan fingerprint density at radius 1 is 1.21 bits per heavy atom. The Morgan fingerprint density at radius 2 is 2.03 bits per heavy atom. The summed E-state index contributed by atoms with van der Waals surface area (Å²) in [4.78, 5) is 33.4. The number of thiazole rings is 1. The van der Waals surface area contributed by atoms with E-state index in [1.54, 1.807) is 22.4 Å². The molecule has 0 saturated heterocycles. The highest BCUT2D eigenvalue weighted by atomic mass is 32.1. The number of para-hydroxylation sites is 1. The molecule has 2 amide bonds. The largest absolute Gasteiger partial charge is 0.444 e.